The first-order valence-electron chi connectivity index (χ1n) is 7.86. The van der Waals surface area contributed by atoms with E-state index < -0.39 is 69.2 Å². The average Bonchev–Trinajstić information content (AvgIpc) is 2.56. The molecule has 0 amide bonds. The Labute approximate surface area is 169 Å². The first-order valence-corrected chi connectivity index (χ1v) is 7.86. The Morgan fingerprint density at radius 1 is 0.531 bits per heavy atom. The van der Waals surface area contributed by atoms with E-state index >= 15 is 0 Å². The number of nitrogen functional groups attached to an aromatic ring is 2. The summed E-state index contributed by atoms with van der Waals surface area (Å²) in [5.41, 5.74) is -9.22. The summed E-state index contributed by atoms with van der Waals surface area (Å²) < 4.78 is 161. The molecule has 0 fully saturated rings. The Morgan fingerprint density at radius 2 is 0.906 bits per heavy atom. The second-order valence-electron chi connectivity index (χ2n) is 6.57. The number of alkyl halides is 12. The molecule has 0 aliphatic rings. The number of anilines is 2. The number of benzene rings is 2. The third-order valence-corrected chi connectivity index (χ3v) is 4.64. The molecule has 4 nitrogen and oxygen atoms in total. The van der Waals surface area contributed by atoms with E-state index in [9.17, 15) is 62.9 Å². The highest BCUT2D eigenvalue weighted by Crippen LogP contribution is 2.57. The Kier molecular flexibility index (Phi) is 5.56. The molecule has 0 bridgehead atoms. The molecule has 0 spiro atoms. The van der Waals surface area contributed by atoms with Gasteiger partial charge in [0.25, 0.3) is 11.2 Å². The van der Waals surface area contributed by atoms with Gasteiger partial charge in [-0.3, -0.25) is 0 Å². The van der Waals surface area contributed by atoms with Gasteiger partial charge in [0.05, 0.1) is 0 Å². The van der Waals surface area contributed by atoms with Crippen molar-refractivity contribution in [1.82, 2.24) is 0 Å². The number of hydrogen-bond acceptors (Lipinski definition) is 4. The number of aliphatic hydroxyl groups is 2. The molecule has 0 radical (unpaired) electrons. The molecule has 0 saturated heterocycles. The maximum absolute atomic E-state index is 13.4. The SMILES string of the molecule is Nc1ccc2c(N)ccc(C(O)(C(F)(F)F)C(F)(F)F)c2c1C(O)(C(F)(F)F)C(F)(F)F. The van der Waals surface area contributed by atoms with Crippen LogP contribution >= 0.6 is 0 Å². The predicted octanol–water partition coefficient (Wildman–Crippen LogP) is 4.63. The summed E-state index contributed by atoms with van der Waals surface area (Å²) in [5.74, 6) is 0. The van der Waals surface area contributed by atoms with Gasteiger partial charge in [0.1, 0.15) is 0 Å². The summed E-state index contributed by atoms with van der Waals surface area (Å²) in [6.07, 6.45) is -26.8. The smallest absolute Gasteiger partial charge is 0.398 e. The highest BCUT2D eigenvalue weighted by atomic mass is 19.4. The fourth-order valence-electron chi connectivity index (χ4n) is 3.09. The van der Waals surface area contributed by atoms with Crippen LogP contribution < -0.4 is 11.5 Å². The number of rotatable bonds is 2. The van der Waals surface area contributed by atoms with Crippen LogP contribution in [0.5, 0.6) is 0 Å². The summed E-state index contributed by atoms with van der Waals surface area (Å²) >= 11 is 0. The van der Waals surface area contributed by atoms with E-state index in [1.165, 1.54) is 0 Å². The van der Waals surface area contributed by atoms with Crippen molar-refractivity contribution < 1.29 is 62.9 Å². The van der Waals surface area contributed by atoms with Crippen molar-refractivity contribution >= 4 is 22.1 Å². The highest BCUT2D eigenvalue weighted by molar-refractivity contribution is 6.01. The summed E-state index contributed by atoms with van der Waals surface area (Å²) in [7, 11) is 0. The van der Waals surface area contributed by atoms with Gasteiger partial charge in [0.2, 0.25) is 0 Å². The third-order valence-electron chi connectivity index (χ3n) is 4.64. The minimum atomic E-state index is -6.73. The van der Waals surface area contributed by atoms with Crippen molar-refractivity contribution in [3.8, 4) is 0 Å². The second-order valence-corrected chi connectivity index (χ2v) is 6.57. The van der Waals surface area contributed by atoms with Gasteiger partial charge in [-0.05, 0) is 17.5 Å². The molecular formula is C16H10F12N2O2. The lowest BCUT2D eigenvalue weighted by molar-refractivity contribution is -0.377. The van der Waals surface area contributed by atoms with Crippen molar-refractivity contribution in [2.75, 3.05) is 11.5 Å². The van der Waals surface area contributed by atoms with Crippen LogP contribution in [0.1, 0.15) is 11.1 Å². The van der Waals surface area contributed by atoms with Gasteiger partial charge >= 0.3 is 24.7 Å². The zero-order chi connectivity index (χ0) is 25.3. The van der Waals surface area contributed by atoms with E-state index in [0.29, 0.717) is 12.1 Å². The molecule has 0 aliphatic carbocycles. The fraction of sp³-hybridized carbons (Fsp3) is 0.375. The lowest BCUT2D eigenvalue weighted by Gasteiger charge is -2.37. The minimum absolute atomic E-state index is 0.255. The molecule has 0 heterocycles. The molecule has 0 unspecified atom stereocenters. The maximum atomic E-state index is 13.4. The van der Waals surface area contributed by atoms with E-state index in [-0.39, 0.29) is 12.1 Å². The van der Waals surface area contributed by atoms with Crippen LogP contribution in [-0.2, 0) is 11.2 Å². The molecule has 32 heavy (non-hydrogen) atoms. The topological polar surface area (TPSA) is 92.5 Å². The van der Waals surface area contributed by atoms with Gasteiger partial charge in [-0.25, -0.2) is 0 Å². The normalized spacial score (nSPS) is 14.8. The summed E-state index contributed by atoms with van der Waals surface area (Å²) in [6.45, 7) is 0. The molecule has 2 aromatic carbocycles. The van der Waals surface area contributed by atoms with Crippen molar-refractivity contribution in [3.63, 3.8) is 0 Å². The van der Waals surface area contributed by atoms with Gasteiger partial charge in [0, 0.05) is 27.9 Å². The standard InChI is InChI=1S/C16H10F12N2O2/c17-13(18,19)11(31,14(20,21)22)6-2-4-7(29)5-1-3-8(30)10(9(5)6)12(32,15(23,24)25)16(26,27)28/h1-4,31-32H,29-30H2. The molecule has 0 aromatic heterocycles. The van der Waals surface area contributed by atoms with Crippen molar-refractivity contribution in [2.24, 2.45) is 0 Å². The second kappa shape index (κ2) is 6.94. The zero-order valence-corrected chi connectivity index (χ0v) is 14.9. The van der Waals surface area contributed by atoms with Gasteiger partial charge in [-0.1, -0.05) is 12.1 Å². The number of halogens is 12. The first kappa shape index (κ1) is 25.6. The highest BCUT2D eigenvalue weighted by Gasteiger charge is 2.75. The molecule has 180 valence electrons. The maximum Gasteiger partial charge on any atom is 0.430 e. The van der Waals surface area contributed by atoms with Crippen LogP contribution in [0.15, 0.2) is 24.3 Å². The number of fused-ring (bicyclic) bond motifs is 1. The largest absolute Gasteiger partial charge is 0.430 e. The minimum Gasteiger partial charge on any atom is -0.398 e. The number of nitrogens with two attached hydrogens (primary N) is 2. The molecule has 0 saturated carbocycles. The summed E-state index contributed by atoms with van der Waals surface area (Å²) in [4.78, 5) is 0. The van der Waals surface area contributed by atoms with Crippen LogP contribution in [0.3, 0.4) is 0 Å². The van der Waals surface area contributed by atoms with E-state index in [4.69, 9.17) is 11.5 Å². The van der Waals surface area contributed by atoms with E-state index in [1.54, 1.807) is 0 Å². The Bertz CT molecular complexity index is 1010. The van der Waals surface area contributed by atoms with Crippen LogP contribution in [0.4, 0.5) is 64.1 Å². The molecule has 2 rings (SSSR count). The average molecular weight is 490 g/mol. The number of hydrogen-bond donors (Lipinski definition) is 4. The summed E-state index contributed by atoms with van der Waals surface area (Å²) in [5, 5.41) is 16.0. The monoisotopic (exact) mass is 490 g/mol. The quantitative estimate of drug-likeness (QED) is 0.365. The third kappa shape index (κ3) is 3.35. The predicted molar refractivity (Wildman–Crippen MR) is 84.8 cm³/mol. The molecule has 2 aromatic rings. The van der Waals surface area contributed by atoms with E-state index in [1.807, 2.05) is 0 Å². The van der Waals surface area contributed by atoms with Crippen molar-refractivity contribution in [2.45, 2.75) is 35.9 Å². The van der Waals surface area contributed by atoms with Crippen molar-refractivity contribution in [3.05, 3.63) is 35.4 Å². The van der Waals surface area contributed by atoms with Crippen LogP contribution in [-0.4, -0.2) is 34.9 Å². The lowest BCUT2D eigenvalue weighted by Crippen LogP contribution is -2.56. The fourth-order valence-corrected chi connectivity index (χ4v) is 3.09. The van der Waals surface area contributed by atoms with E-state index in [0.717, 1.165) is 0 Å². The molecule has 6 N–H and O–H groups in total. The van der Waals surface area contributed by atoms with Gasteiger partial charge in [-0.2, -0.15) is 52.7 Å². The van der Waals surface area contributed by atoms with Crippen LogP contribution in [0.25, 0.3) is 10.8 Å². The molecule has 0 atom stereocenters. The van der Waals surface area contributed by atoms with Gasteiger partial charge in [-0.15, -0.1) is 0 Å². The van der Waals surface area contributed by atoms with Gasteiger partial charge in [0.15, 0.2) is 0 Å². The Morgan fingerprint density at radius 3 is 1.28 bits per heavy atom. The molecule has 0 aliphatic heterocycles. The molecular weight excluding hydrogens is 480 g/mol. The van der Waals surface area contributed by atoms with E-state index in [2.05, 4.69) is 0 Å². The van der Waals surface area contributed by atoms with Crippen molar-refractivity contribution in [1.29, 1.82) is 0 Å². The Hall–Kier alpha value is -2.62. The zero-order valence-electron chi connectivity index (χ0n) is 14.9. The summed E-state index contributed by atoms with van der Waals surface area (Å²) in [6, 6.07) is 0.739. The first-order chi connectivity index (χ1) is 14.0. The van der Waals surface area contributed by atoms with Crippen LogP contribution in [0, 0.1) is 0 Å². The van der Waals surface area contributed by atoms with Gasteiger partial charge < -0.3 is 21.7 Å². The Balaban J connectivity index is 3.32. The lowest BCUT2D eigenvalue weighted by atomic mass is 9.80. The molecule has 16 heteroatoms. The van der Waals surface area contributed by atoms with Crippen LogP contribution in [0.2, 0.25) is 0 Å².